The number of hydrogen-bond donors (Lipinski definition) is 2. The van der Waals surface area contributed by atoms with E-state index in [1.807, 2.05) is 0 Å². The maximum absolute atomic E-state index is 6.24. The number of nitrogens with zero attached hydrogens (tertiary/aromatic N) is 2. The molecular formula is C16H28N4O. The van der Waals surface area contributed by atoms with Gasteiger partial charge in [0.1, 0.15) is 18.2 Å². The van der Waals surface area contributed by atoms with E-state index in [4.69, 9.17) is 10.6 Å². The first kappa shape index (κ1) is 16.0. The Balaban J connectivity index is 2.18. The standard InChI is InChI=1S/C16H28N4O/c1-5-6-13-14(20-17)18-10-19-15(13)21-12-7-11(2)8-16(3,4)9-12/h10-12H,5-9,17H2,1-4H3,(H,18,19,20). The Morgan fingerprint density at radius 3 is 2.76 bits per heavy atom. The molecule has 2 atom stereocenters. The molecule has 118 valence electrons. The molecule has 21 heavy (non-hydrogen) atoms. The van der Waals surface area contributed by atoms with E-state index < -0.39 is 0 Å². The average Bonchev–Trinajstić information content (AvgIpc) is 2.38. The van der Waals surface area contributed by atoms with E-state index in [-0.39, 0.29) is 6.10 Å². The first-order valence-electron chi connectivity index (χ1n) is 7.92. The van der Waals surface area contributed by atoms with E-state index in [1.54, 1.807) is 0 Å². The maximum Gasteiger partial charge on any atom is 0.222 e. The van der Waals surface area contributed by atoms with Crippen LogP contribution >= 0.6 is 0 Å². The molecule has 0 aliphatic heterocycles. The molecule has 5 heteroatoms. The van der Waals surface area contributed by atoms with Crippen LogP contribution in [0.25, 0.3) is 0 Å². The van der Waals surface area contributed by atoms with Crippen molar-refractivity contribution in [2.24, 2.45) is 17.2 Å². The number of hydrogen-bond acceptors (Lipinski definition) is 5. The van der Waals surface area contributed by atoms with Crippen molar-refractivity contribution >= 4 is 5.82 Å². The van der Waals surface area contributed by atoms with Crippen LogP contribution in [0.4, 0.5) is 5.82 Å². The second-order valence-electron chi connectivity index (χ2n) is 7.05. The normalized spacial score (nSPS) is 24.6. The summed E-state index contributed by atoms with van der Waals surface area (Å²) < 4.78 is 6.24. The number of rotatable bonds is 5. The van der Waals surface area contributed by atoms with Crippen LogP contribution in [0.15, 0.2) is 6.33 Å². The fraction of sp³-hybridized carbons (Fsp3) is 0.750. The van der Waals surface area contributed by atoms with Gasteiger partial charge in [-0.1, -0.05) is 34.1 Å². The fourth-order valence-corrected chi connectivity index (χ4v) is 3.60. The summed E-state index contributed by atoms with van der Waals surface area (Å²) in [5, 5.41) is 0. The number of anilines is 1. The van der Waals surface area contributed by atoms with Crippen molar-refractivity contribution < 1.29 is 4.74 Å². The zero-order valence-electron chi connectivity index (χ0n) is 13.6. The molecule has 2 unspecified atom stereocenters. The largest absolute Gasteiger partial charge is 0.474 e. The highest BCUT2D eigenvalue weighted by atomic mass is 16.5. The van der Waals surface area contributed by atoms with Gasteiger partial charge < -0.3 is 10.2 Å². The van der Waals surface area contributed by atoms with Crippen molar-refractivity contribution in [2.75, 3.05) is 5.43 Å². The lowest BCUT2D eigenvalue weighted by Gasteiger charge is -2.38. The van der Waals surface area contributed by atoms with E-state index in [0.29, 0.717) is 23.0 Å². The molecule has 1 heterocycles. The highest BCUT2D eigenvalue weighted by Crippen LogP contribution is 2.40. The van der Waals surface area contributed by atoms with Crippen LogP contribution < -0.4 is 16.0 Å². The quantitative estimate of drug-likeness (QED) is 0.643. The van der Waals surface area contributed by atoms with Crippen LogP contribution in [0.1, 0.15) is 58.9 Å². The molecule has 1 aliphatic rings. The van der Waals surface area contributed by atoms with Crippen molar-refractivity contribution in [2.45, 2.75) is 65.9 Å². The van der Waals surface area contributed by atoms with E-state index >= 15 is 0 Å². The number of nitrogens with two attached hydrogens (primary N) is 1. The van der Waals surface area contributed by atoms with Crippen molar-refractivity contribution in [3.8, 4) is 5.88 Å². The van der Waals surface area contributed by atoms with Gasteiger partial charge in [-0.05, 0) is 37.0 Å². The van der Waals surface area contributed by atoms with Crippen LogP contribution in [0.5, 0.6) is 5.88 Å². The molecule has 0 radical (unpaired) electrons. The number of ether oxygens (including phenoxy) is 1. The Morgan fingerprint density at radius 2 is 2.14 bits per heavy atom. The van der Waals surface area contributed by atoms with E-state index in [0.717, 1.165) is 31.2 Å². The van der Waals surface area contributed by atoms with Gasteiger partial charge >= 0.3 is 0 Å². The minimum absolute atomic E-state index is 0.222. The molecule has 3 N–H and O–H groups in total. The minimum atomic E-state index is 0.222. The highest BCUT2D eigenvalue weighted by molar-refractivity contribution is 5.47. The monoisotopic (exact) mass is 292 g/mol. The number of nitrogens with one attached hydrogen (secondary N) is 1. The van der Waals surface area contributed by atoms with Crippen LogP contribution in [0.3, 0.4) is 0 Å². The van der Waals surface area contributed by atoms with Crippen molar-refractivity contribution in [3.05, 3.63) is 11.9 Å². The van der Waals surface area contributed by atoms with Gasteiger partial charge in [0.15, 0.2) is 0 Å². The summed E-state index contributed by atoms with van der Waals surface area (Å²) >= 11 is 0. The second kappa shape index (κ2) is 6.60. The molecule has 0 spiro atoms. The minimum Gasteiger partial charge on any atom is -0.474 e. The molecule has 2 rings (SSSR count). The summed E-state index contributed by atoms with van der Waals surface area (Å²) in [6.07, 6.45) is 7.02. The molecular weight excluding hydrogens is 264 g/mol. The predicted octanol–water partition coefficient (Wildman–Crippen LogP) is 3.31. The first-order valence-corrected chi connectivity index (χ1v) is 7.92. The molecule has 1 aromatic rings. The summed E-state index contributed by atoms with van der Waals surface area (Å²) in [6.45, 7) is 9.07. The van der Waals surface area contributed by atoms with Crippen molar-refractivity contribution in [1.82, 2.24) is 9.97 Å². The molecule has 0 bridgehead atoms. The van der Waals surface area contributed by atoms with Gasteiger partial charge in [-0.25, -0.2) is 15.8 Å². The van der Waals surface area contributed by atoms with Crippen LogP contribution in [0, 0.1) is 11.3 Å². The summed E-state index contributed by atoms with van der Waals surface area (Å²) in [4.78, 5) is 8.53. The number of aromatic nitrogens is 2. The Bertz CT molecular complexity index is 475. The van der Waals surface area contributed by atoms with Gasteiger partial charge in [-0.3, -0.25) is 0 Å². The topological polar surface area (TPSA) is 73.1 Å². The molecule has 5 nitrogen and oxygen atoms in total. The van der Waals surface area contributed by atoms with Crippen LogP contribution in [-0.4, -0.2) is 16.1 Å². The fourth-order valence-electron chi connectivity index (χ4n) is 3.60. The second-order valence-corrected chi connectivity index (χ2v) is 7.05. The zero-order chi connectivity index (χ0) is 15.5. The van der Waals surface area contributed by atoms with Crippen LogP contribution in [0.2, 0.25) is 0 Å². The molecule has 1 aromatic heterocycles. The van der Waals surface area contributed by atoms with Crippen LogP contribution in [-0.2, 0) is 6.42 Å². The summed E-state index contributed by atoms with van der Waals surface area (Å²) in [7, 11) is 0. The molecule has 1 aliphatic carbocycles. The lowest BCUT2D eigenvalue weighted by Crippen LogP contribution is -2.34. The lowest BCUT2D eigenvalue weighted by atomic mass is 9.71. The van der Waals surface area contributed by atoms with Gasteiger partial charge in [-0.2, -0.15) is 0 Å². The molecule has 0 saturated heterocycles. The third-order valence-corrected chi connectivity index (χ3v) is 4.17. The van der Waals surface area contributed by atoms with Gasteiger partial charge in [0.2, 0.25) is 5.88 Å². The average molecular weight is 292 g/mol. The SMILES string of the molecule is CCCc1c(NN)ncnc1OC1CC(C)CC(C)(C)C1. The third-order valence-electron chi connectivity index (χ3n) is 4.17. The van der Waals surface area contributed by atoms with Gasteiger partial charge in [0.05, 0.1) is 5.56 Å². The first-order chi connectivity index (χ1) is 9.95. The van der Waals surface area contributed by atoms with E-state index in [2.05, 4.69) is 43.1 Å². The van der Waals surface area contributed by atoms with Gasteiger partial charge in [-0.15, -0.1) is 0 Å². The number of hydrazine groups is 1. The molecule has 0 aromatic carbocycles. The zero-order valence-corrected chi connectivity index (χ0v) is 13.6. The Labute approximate surface area is 127 Å². The lowest BCUT2D eigenvalue weighted by molar-refractivity contribution is 0.0525. The summed E-state index contributed by atoms with van der Waals surface area (Å²) in [5.74, 6) is 7.60. The predicted molar refractivity (Wildman–Crippen MR) is 85.0 cm³/mol. The third kappa shape index (κ3) is 4.06. The smallest absolute Gasteiger partial charge is 0.222 e. The Hall–Kier alpha value is -1.36. The number of nitrogen functional groups attached to an aromatic ring is 1. The maximum atomic E-state index is 6.24. The molecule has 0 amide bonds. The van der Waals surface area contributed by atoms with Crippen molar-refractivity contribution in [3.63, 3.8) is 0 Å². The van der Waals surface area contributed by atoms with Gasteiger partial charge in [0.25, 0.3) is 0 Å². The van der Waals surface area contributed by atoms with Crippen molar-refractivity contribution in [1.29, 1.82) is 0 Å². The van der Waals surface area contributed by atoms with E-state index in [9.17, 15) is 0 Å². The molecule has 1 fully saturated rings. The summed E-state index contributed by atoms with van der Waals surface area (Å²) in [5.41, 5.74) is 3.97. The summed E-state index contributed by atoms with van der Waals surface area (Å²) in [6, 6.07) is 0. The molecule has 1 saturated carbocycles. The highest BCUT2D eigenvalue weighted by Gasteiger charge is 2.33. The Morgan fingerprint density at radius 1 is 1.38 bits per heavy atom. The Kier molecular flexibility index (Phi) is 5.04. The van der Waals surface area contributed by atoms with E-state index in [1.165, 1.54) is 12.7 Å². The van der Waals surface area contributed by atoms with Gasteiger partial charge in [0, 0.05) is 0 Å².